The zero-order valence-corrected chi connectivity index (χ0v) is 65.7. The van der Waals surface area contributed by atoms with Crippen LogP contribution in [0.4, 0.5) is 0 Å². The number of pyridine rings is 3. The van der Waals surface area contributed by atoms with Crippen LogP contribution in [0.25, 0.3) is 0 Å². The number of fused-ring (bicyclic) bond motifs is 4. The Hall–Kier alpha value is -10.1. The number of aryl methyl sites for hydroxylation is 4. The SMILES string of the molecule is CC.CC.CC.CC.CN.C[N+](=O)[O-].C[N+](=O)[O-].C[N+](=O)[O-].O=C(NC1CCCCC1)c1ccc[nH]c1=O.O=C(NC1CCCCC1)c1cccn(C2CCc3ccccc32)c1=O.O=C(NC1CCCCC1)c1cccn(C2CCc3ccccc32)c1=O.O=C1CCc2ccccc21.OC1CCc2ccccc21. The number of hydrogen-bond acceptors (Lipinski definition) is 15. The molecular weight excluding hydrogens is 1370 g/mol. The highest BCUT2D eigenvalue weighted by atomic mass is 16.6. The number of carbonyl (C=O) groups is 4. The second kappa shape index (κ2) is 53.7. The zero-order chi connectivity index (χ0) is 80.5. The lowest BCUT2D eigenvalue weighted by Crippen LogP contribution is -2.40. The van der Waals surface area contributed by atoms with Crippen molar-refractivity contribution >= 4 is 23.5 Å². The lowest BCUT2D eigenvalue weighted by Gasteiger charge is -2.23. The summed E-state index contributed by atoms with van der Waals surface area (Å²) in [6.07, 6.45) is 29.1. The Labute approximate surface area is 637 Å². The summed E-state index contributed by atoms with van der Waals surface area (Å²) in [6, 6.07) is 43.4. The largest absolute Gasteiger partial charge is 0.388 e. The Morgan fingerprint density at radius 1 is 0.407 bits per heavy atom. The molecule has 14 rings (SSSR count). The summed E-state index contributed by atoms with van der Waals surface area (Å²) in [7, 11) is 4.17. The zero-order valence-electron chi connectivity index (χ0n) is 65.7. The minimum atomic E-state index is -0.500. The minimum absolute atomic E-state index is 0.0335. The molecule has 24 nitrogen and oxygen atoms in total. The van der Waals surface area contributed by atoms with Gasteiger partial charge in [0.25, 0.3) is 34.4 Å². The van der Waals surface area contributed by atoms with E-state index in [1.807, 2.05) is 147 Å². The van der Waals surface area contributed by atoms with Gasteiger partial charge < -0.3 is 40.9 Å². The maximum Gasteiger partial charge on any atom is 0.263 e. The fourth-order valence-corrected chi connectivity index (χ4v) is 13.6. The van der Waals surface area contributed by atoms with E-state index < -0.39 is 14.8 Å². The van der Waals surface area contributed by atoms with Crippen LogP contribution in [-0.2, 0) is 25.7 Å². The highest BCUT2D eigenvalue weighted by molar-refractivity contribution is 6.00. The molecule has 24 heteroatoms. The van der Waals surface area contributed by atoms with Gasteiger partial charge in [0, 0.05) is 63.5 Å². The topological polar surface area (TPSA) is 357 Å². The third kappa shape index (κ3) is 31.8. The maximum absolute atomic E-state index is 13.0. The van der Waals surface area contributed by atoms with E-state index in [0.717, 1.165) is 154 Å². The first kappa shape index (κ1) is 94.0. The van der Waals surface area contributed by atoms with E-state index in [1.165, 1.54) is 65.9 Å². The molecule has 0 saturated heterocycles. The lowest BCUT2D eigenvalue weighted by atomic mass is 9.95. The van der Waals surface area contributed by atoms with Crippen LogP contribution < -0.4 is 38.4 Å². The van der Waals surface area contributed by atoms with Gasteiger partial charge in [-0.2, -0.15) is 0 Å². The van der Waals surface area contributed by atoms with E-state index in [1.54, 1.807) is 33.4 Å². The first-order chi connectivity index (χ1) is 52.2. The van der Waals surface area contributed by atoms with Gasteiger partial charge in [-0.1, -0.05) is 210 Å². The Morgan fingerprint density at radius 3 is 1.08 bits per heavy atom. The normalized spacial score (nSPS) is 16.4. The van der Waals surface area contributed by atoms with Gasteiger partial charge in [0.2, 0.25) is 0 Å². The lowest BCUT2D eigenvalue weighted by molar-refractivity contribution is -0.445. The fourth-order valence-electron chi connectivity index (χ4n) is 13.6. The molecule has 7 aliphatic carbocycles. The van der Waals surface area contributed by atoms with Crippen LogP contribution in [0, 0.1) is 30.3 Å². The number of rotatable bonds is 8. The van der Waals surface area contributed by atoms with Gasteiger partial charge in [-0.15, -0.1) is 0 Å². The van der Waals surface area contributed by atoms with Gasteiger partial charge in [0.1, 0.15) is 16.7 Å². The molecule has 3 aromatic heterocycles. The van der Waals surface area contributed by atoms with E-state index in [4.69, 9.17) is 30.3 Å². The number of aliphatic hydroxyl groups excluding tert-OH is 1. The van der Waals surface area contributed by atoms with Gasteiger partial charge in [-0.05, 0) is 166 Å². The van der Waals surface area contributed by atoms with E-state index in [0.29, 0.717) is 12.2 Å². The van der Waals surface area contributed by atoms with Gasteiger partial charge in [-0.25, -0.2) is 0 Å². The number of nitro groups is 3. The van der Waals surface area contributed by atoms with E-state index in [2.05, 4.69) is 57.0 Å². The molecule has 3 unspecified atom stereocenters. The van der Waals surface area contributed by atoms with Crippen molar-refractivity contribution in [3.05, 3.63) is 275 Å². The molecule has 3 amide bonds. The Balaban J connectivity index is 0.000000442. The van der Waals surface area contributed by atoms with Crippen LogP contribution in [0.5, 0.6) is 0 Å². The number of aromatic nitrogens is 3. The molecule has 3 atom stereocenters. The van der Waals surface area contributed by atoms with Gasteiger partial charge in [0.15, 0.2) is 26.9 Å². The van der Waals surface area contributed by atoms with Crippen molar-refractivity contribution in [2.45, 2.75) is 239 Å². The van der Waals surface area contributed by atoms with Crippen molar-refractivity contribution < 1.29 is 39.1 Å². The molecule has 3 fully saturated rings. The first-order valence-corrected chi connectivity index (χ1v) is 38.6. The standard InChI is InChI=1S/2C21H24N2O2.C12H16N2O2.C9H10O.C9H8O.4C2H6.3CH3NO2.CH5N/c2*24-20(22-16-8-2-1-3-9-16)18-11-6-14-23(21(18)25)19-13-12-15-7-4-5-10-17(15)19;15-11-10(7-4-8-13-11)12(16)14-9-5-2-1-3-6-9;2*10-9-6-5-7-3-1-2-4-8(7)9;4*1-2;3*1-2(3)4;1-2/h2*4-7,10-11,14,16,19H,1-3,8-9,12-13H2,(H,22,24);4,7-9H,1-3,5-6H2,(H,13,15)(H,14,16);1-4,9-10H,5-6H2;1-4H,5-6H2;4*1-2H3;3*1H3;2H2,1H3. The van der Waals surface area contributed by atoms with Crippen molar-refractivity contribution in [3.63, 3.8) is 0 Å². The van der Waals surface area contributed by atoms with E-state index in [-0.39, 0.29) is 87.4 Å². The number of benzene rings is 4. The summed E-state index contributed by atoms with van der Waals surface area (Å²) in [5.41, 5.74) is 14.1. The molecule has 4 aromatic carbocycles. The molecule has 3 heterocycles. The van der Waals surface area contributed by atoms with Gasteiger partial charge in [-0.3, -0.25) is 63.9 Å². The van der Waals surface area contributed by atoms with E-state index in [9.17, 15) is 38.7 Å². The molecule has 7 aliphatic rings. The maximum atomic E-state index is 13.0. The number of aromatic amines is 1. The van der Waals surface area contributed by atoms with E-state index >= 15 is 0 Å². The van der Waals surface area contributed by atoms with Crippen LogP contribution in [0.1, 0.15) is 276 Å². The molecule has 108 heavy (non-hydrogen) atoms. The number of ketones is 1. The Morgan fingerprint density at radius 2 is 0.722 bits per heavy atom. The summed E-state index contributed by atoms with van der Waals surface area (Å²) in [5, 5.41) is 44.8. The van der Waals surface area contributed by atoms with Crippen molar-refractivity contribution in [1.29, 1.82) is 0 Å². The summed E-state index contributed by atoms with van der Waals surface area (Å²) >= 11 is 0. The average molecular weight is 1490 g/mol. The molecule has 7 N–H and O–H groups in total. The number of nitrogens with one attached hydrogen (secondary N) is 4. The number of carbonyl (C=O) groups excluding carboxylic acids is 4. The average Bonchev–Trinajstić information content (AvgIpc) is 1.59. The number of nitrogens with two attached hydrogens (primary N) is 1. The smallest absolute Gasteiger partial charge is 0.263 e. The number of amides is 3. The second-order valence-corrected chi connectivity index (χ2v) is 25.3. The van der Waals surface area contributed by atoms with Crippen molar-refractivity contribution in [2.75, 3.05) is 28.2 Å². The fraction of sp³-hybridized carbons (Fsp3) is 0.488. The molecule has 590 valence electrons. The van der Waals surface area contributed by atoms with Crippen LogP contribution in [-0.4, -0.2) is 104 Å². The minimum Gasteiger partial charge on any atom is -0.388 e. The molecule has 0 spiro atoms. The van der Waals surface area contributed by atoms with Crippen LogP contribution in [0.15, 0.2) is 166 Å². The summed E-state index contributed by atoms with van der Waals surface area (Å²) in [6.45, 7) is 16.0. The molecule has 0 radical (unpaired) electrons. The summed E-state index contributed by atoms with van der Waals surface area (Å²) in [5.74, 6) is -0.403. The van der Waals surface area contributed by atoms with Crippen LogP contribution >= 0.6 is 0 Å². The van der Waals surface area contributed by atoms with Crippen molar-refractivity contribution in [2.24, 2.45) is 5.73 Å². The van der Waals surface area contributed by atoms with Gasteiger partial charge >= 0.3 is 0 Å². The van der Waals surface area contributed by atoms with Crippen molar-refractivity contribution in [3.8, 4) is 0 Å². The molecular formula is C84H120N10O14. The third-order valence-corrected chi connectivity index (χ3v) is 18.2. The molecule has 7 aromatic rings. The number of hydrogen-bond donors (Lipinski definition) is 6. The molecule has 3 saturated carbocycles. The first-order valence-electron chi connectivity index (χ1n) is 38.6. The predicted octanol–water partition coefficient (Wildman–Crippen LogP) is 15.2. The number of aliphatic hydroxyl groups is 1. The summed E-state index contributed by atoms with van der Waals surface area (Å²) < 4.78 is 3.48. The Kier molecular flexibility index (Phi) is 46.7. The number of H-pyrrole nitrogens is 1. The predicted molar refractivity (Wildman–Crippen MR) is 430 cm³/mol. The monoisotopic (exact) mass is 1490 g/mol. The summed E-state index contributed by atoms with van der Waals surface area (Å²) in [4.78, 5) is 113. The quantitative estimate of drug-likeness (QED) is 0.0608. The highest BCUT2D eigenvalue weighted by Crippen LogP contribution is 2.35. The molecule has 0 bridgehead atoms. The highest BCUT2D eigenvalue weighted by Gasteiger charge is 2.29. The number of nitrogens with zero attached hydrogens (tertiary/aromatic N) is 5. The van der Waals surface area contributed by atoms with Crippen molar-refractivity contribution in [1.82, 2.24) is 30.1 Å². The number of Topliss-reactive ketones (excluding diaryl/α,β-unsaturated/α-hetero) is 1. The van der Waals surface area contributed by atoms with Crippen LogP contribution in [0.2, 0.25) is 0 Å². The van der Waals surface area contributed by atoms with Crippen LogP contribution in [0.3, 0.4) is 0 Å². The Bertz CT molecular complexity index is 3840. The van der Waals surface area contributed by atoms with Gasteiger partial charge in [0.05, 0.1) is 18.2 Å². The second-order valence-electron chi connectivity index (χ2n) is 25.3. The molecule has 0 aliphatic heterocycles. The third-order valence-electron chi connectivity index (χ3n) is 18.2.